The Morgan fingerprint density at radius 3 is 2.41 bits per heavy atom. The van der Waals surface area contributed by atoms with Gasteiger partial charge in [0.2, 0.25) is 5.91 Å². The number of hydrogen-bond acceptors (Lipinski definition) is 6. The molecule has 12 nitrogen and oxygen atoms in total. The number of aromatic amines is 1. The number of amides is 2. The van der Waals surface area contributed by atoms with Gasteiger partial charge >= 0.3 is 13.6 Å². The number of ether oxygens (including phenoxy) is 1. The zero-order chi connectivity index (χ0) is 33.2. The van der Waals surface area contributed by atoms with Crippen LogP contribution in [0.2, 0.25) is 0 Å². The van der Waals surface area contributed by atoms with E-state index in [1.165, 1.54) is 12.0 Å². The van der Waals surface area contributed by atoms with Crippen LogP contribution in [0.5, 0.6) is 0 Å². The minimum Gasteiger partial charge on any atom is -0.480 e. The van der Waals surface area contributed by atoms with Crippen LogP contribution in [0.15, 0.2) is 66.9 Å². The van der Waals surface area contributed by atoms with Gasteiger partial charge in [0, 0.05) is 49.2 Å². The molecule has 0 aliphatic carbocycles. The number of benzene rings is 3. The van der Waals surface area contributed by atoms with E-state index in [0.29, 0.717) is 5.56 Å². The van der Waals surface area contributed by atoms with E-state index in [2.05, 4.69) is 15.6 Å². The van der Waals surface area contributed by atoms with Gasteiger partial charge in [-0.15, -0.1) is 0 Å². The highest BCUT2D eigenvalue weighted by molar-refractivity contribution is 7.52. The van der Waals surface area contributed by atoms with Gasteiger partial charge in [-0.3, -0.25) is 19.5 Å². The van der Waals surface area contributed by atoms with Gasteiger partial charge in [-0.25, -0.2) is 4.79 Å². The fourth-order valence-electron chi connectivity index (χ4n) is 6.19. The van der Waals surface area contributed by atoms with Gasteiger partial charge in [0.05, 0.1) is 6.04 Å². The van der Waals surface area contributed by atoms with Crippen molar-refractivity contribution < 1.29 is 38.6 Å². The number of hydrogen-bond donors (Lipinski definition) is 6. The van der Waals surface area contributed by atoms with Crippen molar-refractivity contribution in [3.63, 3.8) is 0 Å². The molecule has 0 spiro atoms. The number of rotatable bonds is 14. The summed E-state index contributed by atoms with van der Waals surface area (Å²) < 4.78 is 18.5. The summed E-state index contributed by atoms with van der Waals surface area (Å²) in [5.41, 5.74) is 2.70. The van der Waals surface area contributed by atoms with Crippen LogP contribution in [-0.4, -0.2) is 73.8 Å². The molecule has 0 radical (unpaired) electrons. The second-order valence-electron chi connectivity index (χ2n) is 12.1. The largest absolute Gasteiger partial charge is 0.480 e. The molecule has 0 saturated heterocycles. The van der Waals surface area contributed by atoms with Crippen LogP contribution in [0.3, 0.4) is 0 Å². The molecule has 6 N–H and O–H groups in total. The van der Waals surface area contributed by atoms with E-state index < -0.39 is 49.5 Å². The molecular formula is C33H39N4O8P. The highest BCUT2D eigenvalue weighted by atomic mass is 31.2. The maximum Gasteiger partial charge on any atom is 0.348 e. The van der Waals surface area contributed by atoms with Crippen molar-refractivity contribution in [2.45, 2.75) is 63.7 Å². The normalized spacial score (nSPS) is 16.0. The number of H-pyrrole nitrogens is 1. The minimum absolute atomic E-state index is 0.00380. The molecule has 13 heteroatoms. The first-order valence-corrected chi connectivity index (χ1v) is 16.8. The molecule has 3 aromatic carbocycles. The Labute approximate surface area is 266 Å². The molecule has 0 bridgehead atoms. The fourth-order valence-corrected chi connectivity index (χ4v) is 7.20. The van der Waals surface area contributed by atoms with E-state index in [4.69, 9.17) is 4.74 Å². The molecule has 2 amide bonds. The van der Waals surface area contributed by atoms with Gasteiger partial charge in [-0.05, 0) is 46.4 Å². The summed E-state index contributed by atoms with van der Waals surface area (Å²) in [6.07, 6.45) is 0.650. The predicted molar refractivity (Wildman–Crippen MR) is 173 cm³/mol. The Morgan fingerprint density at radius 1 is 1.02 bits per heavy atom. The van der Waals surface area contributed by atoms with Crippen LogP contribution in [0, 0.1) is 5.92 Å². The van der Waals surface area contributed by atoms with Crippen LogP contribution in [0.4, 0.5) is 0 Å². The van der Waals surface area contributed by atoms with Crippen LogP contribution in [-0.2, 0) is 31.9 Å². The number of fused-ring (bicyclic) bond motifs is 1. The molecule has 244 valence electrons. The molecule has 2 unspecified atom stereocenters. The van der Waals surface area contributed by atoms with Gasteiger partial charge < -0.3 is 34.8 Å². The van der Waals surface area contributed by atoms with Gasteiger partial charge in [0.1, 0.15) is 18.1 Å². The van der Waals surface area contributed by atoms with E-state index >= 15 is 0 Å². The first-order chi connectivity index (χ1) is 21.9. The monoisotopic (exact) mass is 650 g/mol. The van der Waals surface area contributed by atoms with Crippen LogP contribution < -0.4 is 10.6 Å². The Hall–Kier alpha value is -4.06. The molecule has 46 heavy (non-hydrogen) atoms. The zero-order valence-corrected chi connectivity index (χ0v) is 26.7. The number of carboxylic acids is 1. The van der Waals surface area contributed by atoms with E-state index in [0.717, 1.165) is 32.8 Å². The molecule has 2 heterocycles. The number of aromatic nitrogens is 1. The number of methoxy groups -OCH3 is 1. The van der Waals surface area contributed by atoms with Crippen LogP contribution >= 0.6 is 7.60 Å². The Kier molecular flexibility index (Phi) is 9.95. The lowest BCUT2D eigenvalue weighted by Gasteiger charge is -2.37. The summed E-state index contributed by atoms with van der Waals surface area (Å²) >= 11 is 0. The molecule has 1 aliphatic rings. The summed E-state index contributed by atoms with van der Waals surface area (Å²) in [5.74, 6) is -3.87. The predicted octanol–water partition coefficient (Wildman–Crippen LogP) is 3.96. The average molecular weight is 651 g/mol. The Morgan fingerprint density at radius 2 is 1.74 bits per heavy atom. The van der Waals surface area contributed by atoms with Crippen molar-refractivity contribution in [2.75, 3.05) is 7.11 Å². The fraction of sp³-hybridized carbons (Fsp3) is 0.364. The molecule has 0 saturated carbocycles. The standard InChI is InChI=1S/C33H39N4O8P/c1-19(2)14-26(31(38)36-27(33(40)41)15-22-17-34-25-13-5-4-11-23(22)25)35-28(45-3)16-29(46(42,43)44)37-18-21-10-6-8-20-9-7-12-24(30(20)21)32(37)39/h4-13,17,19,26-29,34-35H,14-16,18H2,1-3H3,(H,36,38)(H,40,41)(H2,42,43,44)/t26-,27-,28?,29?/m0/s1. The maximum atomic E-state index is 13.6. The van der Waals surface area contributed by atoms with E-state index in [-0.39, 0.29) is 31.7 Å². The molecule has 4 aromatic rings. The van der Waals surface area contributed by atoms with Crippen molar-refractivity contribution in [2.24, 2.45) is 5.92 Å². The lowest BCUT2D eigenvalue weighted by atomic mass is 9.94. The van der Waals surface area contributed by atoms with E-state index in [9.17, 15) is 33.8 Å². The molecule has 5 rings (SSSR count). The topological polar surface area (TPSA) is 181 Å². The average Bonchev–Trinajstić information content (AvgIpc) is 3.42. The summed E-state index contributed by atoms with van der Waals surface area (Å²) in [6, 6.07) is 16.1. The Bertz CT molecular complexity index is 1800. The Balaban J connectivity index is 1.35. The van der Waals surface area contributed by atoms with Gasteiger partial charge in [0.15, 0.2) is 0 Å². The summed E-state index contributed by atoms with van der Waals surface area (Å²) in [7, 11) is -3.58. The summed E-state index contributed by atoms with van der Waals surface area (Å²) in [4.78, 5) is 64.7. The van der Waals surface area contributed by atoms with Crippen LogP contribution in [0.1, 0.15) is 48.2 Å². The summed E-state index contributed by atoms with van der Waals surface area (Å²) in [6.45, 7) is 3.78. The van der Waals surface area contributed by atoms with Crippen molar-refractivity contribution >= 4 is 47.1 Å². The molecule has 4 atom stereocenters. The number of carbonyl (C=O) groups excluding carboxylic acids is 2. The number of carbonyl (C=O) groups is 3. The first-order valence-electron chi connectivity index (χ1n) is 15.1. The third-order valence-electron chi connectivity index (χ3n) is 8.40. The van der Waals surface area contributed by atoms with Crippen molar-refractivity contribution in [1.29, 1.82) is 0 Å². The highest BCUT2D eigenvalue weighted by Crippen LogP contribution is 2.47. The van der Waals surface area contributed by atoms with E-state index in [1.807, 2.05) is 62.4 Å². The highest BCUT2D eigenvalue weighted by Gasteiger charge is 2.42. The minimum atomic E-state index is -4.92. The number of carboxylic acid groups (broad SMARTS) is 1. The lowest BCUT2D eigenvalue weighted by Crippen LogP contribution is -2.55. The first kappa shape index (κ1) is 33.3. The smallest absolute Gasteiger partial charge is 0.348 e. The SMILES string of the molecule is COC(CC(N1Cc2cccc3cccc(c23)C1=O)P(=O)(O)O)N[C@@H](CC(C)C)C(=O)N[C@@H](Cc1c[nH]c2ccccc12)C(=O)O. The molecular weight excluding hydrogens is 611 g/mol. The van der Waals surface area contributed by atoms with Gasteiger partial charge in [-0.2, -0.15) is 0 Å². The third-order valence-corrected chi connectivity index (χ3v) is 9.67. The number of para-hydroxylation sites is 1. The van der Waals surface area contributed by atoms with Crippen molar-refractivity contribution in [1.82, 2.24) is 20.5 Å². The number of aliphatic carboxylic acids is 1. The second-order valence-corrected chi connectivity index (χ2v) is 13.9. The van der Waals surface area contributed by atoms with E-state index in [1.54, 1.807) is 18.3 Å². The van der Waals surface area contributed by atoms with Crippen LogP contribution in [0.25, 0.3) is 21.7 Å². The molecule has 1 aliphatic heterocycles. The van der Waals surface area contributed by atoms with Gasteiger partial charge in [-0.1, -0.05) is 62.4 Å². The third kappa shape index (κ3) is 7.16. The summed E-state index contributed by atoms with van der Waals surface area (Å²) in [5, 5.41) is 18.2. The lowest BCUT2D eigenvalue weighted by molar-refractivity contribution is -0.142. The van der Waals surface area contributed by atoms with Crippen molar-refractivity contribution in [3.8, 4) is 0 Å². The molecule has 1 aromatic heterocycles. The number of nitrogens with one attached hydrogen (secondary N) is 3. The zero-order valence-electron chi connectivity index (χ0n) is 25.8. The number of nitrogens with zero attached hydrogens (tertiary/aromatic N) is 1. The molecule has 0 fully saturated rings. The second kappa shape index (κ2) is 13.7. The maximum absolute atomic E-state index is 13.6. The van der Waals surface area contributed by atoms with Gasteiger partial charge in [0.25, 0.3) is 5.91 Å². The van der Waals surface area contributed by atoms with Crippen molar-refractivity contribution in [3.05, 3.63) is 83.6 Å². The quantitative estimate of drug-likeness (QED) is 0.0870.